The molecule has 1 amide bonds. The third-order valence-electron chi connectivity index (χ3n) is 2.30. The molecule has 88 valence electrons. The van der Waals surface area contributed by atoms with E-state index in [-0.39, 0.29) is 11.7 Å². The van der Waals surface area contributed by atoms with Crippen LogP contribution in [0.15, 0.2) is 29.2 Å². The number of hydrogen-bond donors (Lipinski definition) is 1. The minimum atomic E-state index is 0.137. The number of phenols is 1. The fraction of sp³-hybridized carbons (Fsp3) is 0.417. The lowest BCUT2D eigenvalue weighted by Crippen LogP contribution is -2.31. The summed E-state index contributed by atoms with van der Waals surface area (Å²) in [6, 6.07) is 6.95. The molecule has 1 aromatic rings. The number of thioether (sulfide) groups is 1. The van der Waals surface area contributed by atoms with Gasteiger partial charge in [-0.15, -0.1) is 11.8 Å². The van der Waals surface area contributed by atoms with Gasteiger partial charge in [0.25, 0.3) is 0 Å². The molecule has 4 heteroatoms. The van der Waals surface area contributed by atoms with E-state index in [0.29, 0.717) is 5.75 Å². The van der Waals surface area contributed by atoms with Crippen LogP contribution in [0.3, 0.4) is 0 Å². The molecule has 0 spiro atoms. The van der Waals surface area contributed by atoms with Crippen molar-refractivity contribution in [3.8, 4) is 5.75 Å². The van der Waals surface area contributed by atoms with Gasteiger partial charge in [-0.05, 0) is 32.0 Å². The standard InChI is InChI=1S/C12H17NO2S/c1-3-13(4-2)12(15)9-16-11-7-5-6-10(14)8-11/h5-8,14H,3-4,9H2,1-2H3. The molecular weight excluding hydrogens is 222 g/mol. The monoisotopic (exact) mass is 239 g/mol. The van der Waals surface area contributed by atoms with Crippen LogP contribution in [0.25, 0.3) is 0 Å². The number of amides is 1. The van der Waals surface area contributed by atoms with E-state index < -0.39 is 0 Å². The second-order valence-corrected chi connectivity index (χ2v) is 4.40. The van der Waals surface area contributed by atoms with Gasteiger partial charge in [0.05, 0.1) is 5.75 Å². The van der Waals surface area contributed by atoms with Crippen LogP contribution in [0.4, 0.5) is 0 Å². The summed E-state index contributed by atoms with van der Waals surface area (Å²) in [5.41, 5.74) is 0. The topological polar surface area (TPSA) is 40.5 Å². The van der Waals surface area contributed by atoms with Crippen LogP contribution < -0.4 is 0 Å². The Balaban J connectivity index is 2.48. The van der Waals surface area contributed by atoms with Gasteiger partial charge >= 0.3 is 0 Å². The van der Waals surface area contributed by atoms with Gasteiger partial charge in [0.15, 0.2) is 0 Å². The highest BCUT2D eigenvalue weighted by Crippen LogP contribution is 2.22. The van der Waals surface area contributed by atoms with Crippen LogP contribution in [0.1, 0.15) is 13.8 Å². The summed E-state index contributed by atoms with van der Waals surface area (Å²) < 4.78 is 0. The van der Waals surface area contributed by atoms with Crippen molar-refractivity contribution in [1.29, 1.82) is 0 Å². The number of carbonyl (C=O) groups is 1. The lowest BCUT2D eigenvalue weighted by molar-refractivity contribution is -0.127. The van der Waals surface area contributed by atoms with Gasteiger partial charge in [-0.1, -0.05) is 6.07 Å². The highest BCUT2D eigenvalue weighted by atomic mass is 32.2. The zero-order valence-corrected chi connectivity index (χ0v) is 10.5. The fourth-order valence-electron chi connectivity index (χ4n) is 1.39. The van der Waals surface area contributed by atoms with Crippen LogP contribution in [-0.2, 0) is 4.79 Å². The highest BCUT2D eigenvalue weighted by Gasteiger charge is 2.09. The Hall–Kier alpha value is -1.16. The molecule has 0 saturated carbocycles. The van der Waals surface area contributed by atoms with Crippen molar-refractivity contribution in [2.45, 2.75) is 18.7 Å². The summed E-state index contributed by atoms with van der Waals surface area (Å²) in [7, 11) is 0. The number of aromatic hydroxyl groups is 1. The summed E-state index contributed by atoms with van der Waals surface area (Å²) in [6.07, 6.45) is 0. The minimum absolute atomic E-state index is 0.137. The first kappa shape index (κ1) is 12.9. The van der Waals surface area contributed by atoms with Crippen molar-refractivity contribution in [2.75, 3.05) is 18.8 Å². The lowest BCUT2D eigenvalue weighted by atomic mass is 10.3. The predicted molar refractivity (Wildman–Crippen MR) is 66.8 cm³/mol. The first-order valence-corrected chi connectivity index (χ1v) is 6.35. The molecule has 0 unspecified atom stereocenters. The first-order chi connectivity index (χ1) is 7.67. The molecule has 0 saturated heterocycles. The molecule has 0 radical (unpaired) electrons. The highest BCUT2D eigenvalue weighted by molar-refractivity contribution is 8.00. The second-order valence-electron chi connectivity index (χ2n) is 3.35. The van der Waals surface area contributed by atoms with Crippen molar-refractivity contribution in [2.24, 2.45) is 0 Å². The summed E-state index contributed by atoms with van der Waals surface area (Å²) in [6.45, 7) is 5.44. The maximum atomic E-state index is 11.7. The summed E-state index contributed by atoms with van der Waals surface area (Å²) >= 11 is 1.45. The van der Waals surface area contributed by atoms with E-state index in [9.17, 15) is 9.90 Å². The number of rotatable bonds is 5. The Labute approximate surface area is 100 Å². The van der Waals surface area contributed by atoms with Gasteiger partial charge in [0.1, 0.15) is 5.75 Å². The predicted octanol–water partition coefficient (Wildman–Crippen LogP) is 2.35. The summed E-state index contributed by atoms with van der Waals surface area (Å²) in [5.74, 6) is 0.795. The van der Waals surface area contributed by atoms with Crippen molar-refractivity contribution >= 4 is 17.7 Å². The van der Waals surface area contributed by atoms with E-state index in [1.165, 1.54) is 11.8 Å². The third-order valence-corrected chi connectivity index (χ3v) is 3.27. The van der Waals surface area contributed by atoms with Crippen LogP contribution in [-0.4, -0.2) is 34.8 Å². The zero-order chi connectivity index (χ0) is 12.0. The fourth-order valence-corrected chi connectivity index (χ4v) is 2.24. The first-order valence-electron chi connectivity index (χ1n) is 5.37. The van der Waals surface area contributed by atoms with Gasteiger partial charge in [0.2, 0.25) is 5.91 Å². The molecule has 0 fully saturated rings. The minimum Gasteiger partial charge on any atom is -0.508 e. The smallest absolute Gasteiger partial charge is 0.232 e. The SMILES string of the molecule is CCN(CC)C(=O)CSc1cccc(O)c1. The van der Waals surface area contributed by atoms with Crippen LogP contribution >= 0.6 is 11.8 Å². The molecular formula is C12H17NO2S. The number of nitrogens with zero attached hydrogens (tertiary/aromatic N) is 1. The Bertz CT molecular complexity index is 351. The van der Waals surface area contributed by atoms with Gasteiger partial charge in [-0.3, -0.25) is 4.79 Å². The Kier molecular flexibility index (Phi) is 5.19. The molecule has 3 nitrogen and oxygen atoms in total. The van der Waals surface area contributed by atoms with Gasteiger partial charge in [-0.25, -0.2) is 0 Å². The van der Waals surface area contributed by atoms with Crippen LogP contribution in [0.2, 0.25) is 0 Å². The van der Waals surface area contributed by atoms with E-state index in [4.69, 9.17) is 0 Å². The van der Waals surface area contributed by atoms with E-state index in [2.05, 4.69) is 0 Å². The van der Waals surface area contributed by atoms with Gasteiger partial charge in [0, 0.05) is 18.0 Å². The molecule has 0 aliphatic rings. The number of phenolic OH excluding ortho intramolecular Hbond substituents is 1. The average Bonchev–Trinajstić information content (AvgIpc) is 2.28. The van der Waals surface area contributed by atoms with Gasteiger partial charge < -0.3 is 10.0 Å². The summed E-state index contributed by atoms with van der Waals surface area (Å²) in [4.78, 5) is 14.4. The Morgan fingerprint density at radius 3 is 2.62 bits per heavy atom. The average molecular weight is 239 g/mol. The molecule has 1 N–H and O–H groups in total. The molecule has 0 heterocycles. The van der Waals surface area contributed by atoms with E-state index in [0.717, 1.165) is 18.0 Å². The van der Waals surface area contributed by atoms with E-state index in [1.54, 1.807) is 23.1 Å². The normalized spacial score (nSPS) is 10.1. The van der Waals surface area contributed by atoms with E-state index in [1.807, 2.05) is 19.9 Å². The Morgan fingerprint density at radius 2 is 2.06 bits per heavy atom. The van der Waals surface area contributed by atoms with Crippen LogP contribution in [0, 0.1) is 0 Å². The van der Waals surface area contributed by atoms with Crippen molar-refractivity contribution in [3.63, 3.8) is 0 Å². The number of carbonyl (C=O) groups excluding carboxylic acids is 1. The maximum absolute atomic E-state index is 11.7. The quantitative estimate of drug-likeness (QED) is 0.802. The molecule has 0 aliphatic heterocycles. The lowest BCUT2D eigenvalue weighted by Gasteiger charge is -2.18. The maximum Gasteiger partial charge on any atom is 0.232 e. The second kappa shape index (κ2) is 6.43. The molecule has 1 aromatic carbocycles. The third kappa shape index (κ3) is 3.77. The molecule has 0 atom stereocenters. The molecule has 16 heavy (non-hydrogen) atoms. The molecule has 1 rings (SSSR count). The Morgan fingerprint density at radius 1 is 1.38 bits per heavy atom. The van der Waals surface area contributed by atoms with Crippen molar-refractivity contribution in [3.05, 3.63) is 24.3 Å². The molecule has 0 aliphatic carbocycles. The van der Waals surface area contributed by atoms with E-state index >= 15 is 0 Å². The van der Waals surface area contributed by atoms with Crippen LogP contribution in [0.5, 0.6) is 5.75 Å². The zero-order valence-electron chi connectivity index (χ0n) is 9.64. The van der Waals surface area contributed by atoms with Crippen molar-refractivity contribution in [1.82, 2.24) is 4.90 Å². The van der Waals surface area contributed by atoms with Gasteiger partial charge in [-0.2, -0.15) is 0 Å². The number of benzene rings is 1. The van der Waals surface area contributed by atoms with Crippen molar-refractivity contribution < 1.29 is 9.90 Å². The molecule has 0 bridgehead atoms. The number of hydrogen-bond acceptors (Lipinski definition) is 3. The largest absolute Gasteiger partial charge is 0.508 e. The molecule has 0 aromatic heterocycles. The summed E-state index contributed by atoms with van der Waals surface area (Å²) in [5, 5.41) is 9.27.